The second-order valence-electron chi connectivity index (χ2n) is 4.91. The second kappa shape index (κ2) is 6.90. The van der Waals surface area contributed by atoms with Crippen molar-refractivity contribution in [1.29, 1.82) is 0 Å². The van der Waals surface area contributed by atoms with E-state index in [9.17, 15) is 15.0 Å². The van der Waals surface area contributed by atoms with Gasteiger partial charge < -0.3 is 14.9 Å². The molecule has 2 atom stereocenters. The lowest BCUT2D eigenvalue weighted by Crippen LogP contribution is -2.14. The average molecular weight is 286 g/mol. The maximum atomic E-state index is 11.5. The molecule has 2 aromatic rings. The number of hydrogen-bond donors (Lipinski definition) is 2. The maximum absolute atomic E-state index is 11.5. The number of aliphatic hydroxyl groups excluding tert-OH is 1. The normalized spacial score (nSPS) is 13.4. The number of aliphatic carboxylic acids is 1. The molecule has 2 unspecified atom stereocenters. The molecule has 0 radical (unpaired) electrons. The number of carboxylic acids is 1. The fourth-order valence-electron chi connectivity index (χ4n) is 2.10. The van der Waals surface area contributed by atoms with Crippen LogP contribution in [0.3, 0.4) is 0 Å². The minimum absolute atomic E-state index is 0.209. The number of aliphatic hydroxyl groups is 1. The topological polar surface area (TPSA) is 66.8 Å². The molecule has 0 fully saturated rings. The fraction of sp³-hybridized carbons (Fsp3) is 0.235. The zero-order valence-corrected chi connectivity index (χ0v) is 11.8. The van der Waals surface area contributed by atoms with E-state index in [0.717, 1.165) is 5.56 Å². The van der Waals surface area contributed by atoms with Gasteiger partial charge in [-0.1, -0.05) is 42.5 Å². The van der Waals surface area contributed by atoms with E-state index in [4.69, 9.17) is 4.74 Å². The molecule has 21 heavy (non-hydrogen) atoms. The Labute approximate surface area is 123 Å². The SMILES string of the molecule is CC(O)COc1ccc(C(C(=O)O)c2ccccc2)cc1. The lowest BCUT2D eigenvalue weighted by atomic mass is 9.91. The highest BCUT2D eigenvalue weighted by Crippen LogP contribution is 2.26. The highest BCUT2D eigenvalue weighted by molar-refractivity contribution is 5.80. The predicted octanol–water partition coefficient (Wildman–Crippen LogP) is 2.66. The van der Waals surface area contributed by atoms with Crippen molar-refractivity contribution >= 4 is 5.97 Å². The van der Waals surface area contributed by atoms with E-state index in [-0.39, 0.29) is 6.61 Å². The Hall–Kier alpha value is -2.33. The first kappa shape index (κ1) is 15.1. The van der Waals surface area contributed by atoms with Crippen LogP contribution in [-0.4, -0.2) is 28.9 Å². The minimum Gasteiger partial charge on any atom is -0.491 e. The summed E-state index contributed by atoms with van der Waals surface area (Å²) in [6.07, 6.45) is -0.541. The first-order chi connectivity index (χ1) is 10.1. The molecule has 0 aliphatic carbocycles. The average Bonchev–Trinajstić information content (AvgIpc) is 2.47. The molecule has 110 valence electrons. The molecule has 0 aliphatic heterocycles. The van der Waals surface area contributed by atoms with Crippen molar-refractivity contribution in [2.45, 2.75) is 18.9 Å². The van der Waals surface area contributed by atoms with Crippen LogP contribution >= 0.6 is 0 Å². The van der Waals surface area contributed by atoms with Gasteiger partial charge in [0.25, 0.3) is 0 Å². The van der Waals surface area contributed by atoms with Gasteiger partial charge in [0, 0.05) is 0 Å². The summed E-state index contributed by atoms with van der Waals surface area (Å²) in [6, 6.07) is 16.0. The summed E-state index contributed by atoms with van der Waals surface area (Å²) < 4.78 is 5.37. The predicted molar refractivity (Wildman–Crippen MR) is 79.5 cm³/mol. The van der Waals surface area contributed by atoms with Crippen molar-refractivity contribution in [1.82, 2.24) is 0 Å². The highest BCUT2D eigenvalue weighted by Gasteiger charge is 2.21. The van der Waals surface area contributed by atoms with E-state index in [1.165, 1.54) is 0 Å². The number of benzene rings is 2. The largest absolute Gasteiger partial charge is 0.491 e. The lowest BCUT2D eigenvalue weighted by molar-refractivity contribution is -0.137. The van der Waals surface area contributed by atoms with Gasteiger partial charge in [0.05, 0.1) is 6.10 Å². The summed E-state index contributed by atoms with van der Waals surface area (Å²) in [7, 11) is 0. The van der Waals surface area contributed by atoms with E-state index in [1.807, 2.05) is 18.2 Å². The Morgan fingerprint density at radius 3 is 2.14 bits per heavy atom. The summed E-state index contributed by atoms with van der Waals surface area (Å²) >= 11 is 0. The van der Waals surface area contributed by atoms with Gasteiger partial charge in [0.2, 0.25) is 0 Å². The zero-order valence-electron chi connectivity index (χ0n) is 11.8. The number of ether oxygens (including phenoxy) is 1. The summed E-state index contributed by atoms with van der Waals surface area (Å²) in [5.41, 5.74) is 1.43. The smallest absolute Gasteiger partial charge is 0.315 e. The third kappa shape index (κ3) is 4.07. The number of rotatable bonds is 6. The van der Waals surface area contributed by atoms with Gasteiger partial charge in [0.15, 0.2) is 0 Å². The van der Waals surface area contributed by atoms with Crippen molar-refractivity contribution in [3.8, 4) is 5.75 Å². The Kier molecular flexibility index (Phi) is 4.95. The summed E-state index contributed by atoms with van der Waals surface area (Å²) in [5.74, 6) is -0.979. The van der Waals surface area contributed by atoms with Crippen LogP contribution in [0.15, 0.2) is 54.6 Å². The molecular weight excluding hydrogens is 268 g/mol. The molecule has 0 heterocycles. The third-order valence-electron chi connectivity index (χ3n) is 3.08. The van der Waals surface area contributed by atoms with Crippen molar-refractivity contribution < 1.29 is 19.7 Å². The Bertz CT molecular complexity index is 575. The molecule has 0 aromatic heterocycles. The fourth-order valence-corrected chi connectivity index (χ4v) is 2.10. The Morgan fingerprint density at radius 1 is 1.05 bits per heavy atom. The molecule has 0 saturated carbocycles. The number of hydrogen-bond acceptors (Lipinski definition) is 3. The second-order valence-corrected chi connectivity index (χ2v) is 4.91. The summed E-state index contributed by atoms with van der Waals surface area (Å²) in [4.78, 5) is 11.5. The van der Waals surface area contributed by atoms with Gasteiger partial charge in [-0.25, -0.2) is 0 Å². The molecular formula is C17H18O4. The quantitative estimate of drug-likeness (QED) is 0.856. The molecule has 0 aliphatic rings. The zero-order chi connectivity index (χ0) is 15.2. The highest BCUT2D eigenvalue weighted by atomic mass is 16.5. The third-order valence-corrected chi connectivity index (χ3v) is 3.08. The van der Waals surface area contributed by atoms with Gasteiger partial charge in [-0.15, -0.1) is 0 Å². The van der Waals surface area contributed by atoms with E-state index < -0.39 is 18.0 Å². The molecule has 2 aromatic carbocycles. The van der Waals surface area contributed by atoms with Crippen LogP contribution in [0.1, 0.15) is 24.0 Å². The molecule has 2 rings (SSSR count). The van der Waals surface area contributed by atoms with Crippen molar-refractivity contribution in [3.05, 3.63) is 65.7 Å². The molecule has 4 nitrogen and oxygen atoms in total. The molecule has 0 spiro atoms. The van der Waals surface area contributed by atoms with Crippen molar-refractivity contribution in [3.63, 3.8) is 0 Å². The van der Waals surface area contributed by atoms with Crippen molar-refractivity contribution in [2.24, 2.45) is 0 Å². The molecule has 2 N–H and O–H groups in total. The van der Waals surface area contributed by atoms with Gasteiger partial charge in [-0.3, -0.25) is 4.79 Å². The summed E-state index contributed by atoms with van der Waals surface area (Å²) in [6.45, 7) is 1.85. The Balaban J connectivity index is 2.20. The van der Waals surface area contributed by atoms with Gasteiger partial charge >= 0.3 is 5.97 Å². The molecule has 0 amide bonds. The van der Waals surface area contributed by atoms with Crippen LogP contribution in [-0.2, 0) is 4.79 Å². The van der Waals surface area contributed by atoms with Crippen LogP contribution < -0.4 is 4.74 Å². The van der Waals surface area contributed by atoms with Gasteiger partial charge in [0.1, 0.15) is 18.3 Å². The van der Waals surface area contributed by atoms with Crippen molar-refractivity contribution in [2.75, 3.05) is 6.61 Å². The van der Waals surface area contributed by atoms with Crippen LogP contribution in [0.25, 0.3) is 0 Å². The number of carbonyl (C=O) groups is 1. The molecule has 0 bridgehead atoms. The van der Waals surface area contributed by atoms with Crippen LogP contribution in [0.4, 0.5) is 0 Å². The van der Waals surface area contributed by atoms with Gasteiger partial charge in [-0.2, -0.15) is 0 Å². The van der Waals surface area contributed by atoms with Crippen LogP contribution in [0.5, 0.6) is 5.75 Å². The van der Waals surface area contributed by atoms with E-state index >= 15 is 0 Å². The monoisotopic (exact) mass is 286 g/mol. The molecule has 0 saturated heterocycles. The maximum Gasteiger partial charge on any atom is 0.315 e. The molecule has 4 heteroatoms. The van der Waals surface area contributed by atoms with E-state index in [1.54, 1.807) is 43.3 Å². The first-order valence-electron chi connectivity index (χ1n) is 6.76. The number of carboxylic acid groups (broad SMARTS) is 1. The summed E-state index contributed by atoms with van der Waals surface area (Å²) in [5, 5.41) is 18.6. The Morgan fingerprint density at radius 2 is 1.62 bits per heavy atom. The minimum atomic E-state index is -0.890. The van der Waals surface area contributed by atoms with E-state index in [2.05, 4.69) is 0 Å². The van der Waals surface area contributed by atoms with Crippen LogP contribution in [0, 0.1) is 0 Å². The first-order valence-corrected chi connectivity index (χ1v) is 6.76. The van der Waals surface area contributed by atoms with Gasteiger partial charge in [-0.05, 0) is 30.2 Å². The van der Waals surface area contributed by atoms with Crippen LogP contribution in [0.2, 0.25) is 0 Å². The standard InChI is InChI=1S/C17H18O4/c1-12(18)11-21-15-9-7-14(8-10-15)16(17(19)20)13-5-3-2-4-6-13/h2-10,12,16,18H,11H2,1H3,(H,19,20). The van der Waals surface area contributed by atoms with E-state index in [0.29, 0.717) is 11.3 Å². The lowest BCUT2D eigenvalue weighted by Gasteiger charge is -2.14.